The van der Waals surface area contributed by atoms with Crippen LogP contribution < -0.4 is 10.6 Å². The van der Waals surface area contributed by atoms with Crippen LogP contribution >= 0.6 is 0 Å². The van der Waals surface area contributed by atoms with Crippen LogP contribution in [-0.4, -0.2) is 16.8 Å². The lowest BCUT2D eigenvalue weighted by Crippen LogP contribution is -2.29. The van der Waals surface area contributed by atoms with Gasteiger partial charge in [-0.15, -0.1) is 0 Å². The van der Waals surface area contributed by atoms with E-state index in [0.717, 1.165) is 16.5 Å². The number of para-hydroxylation sites is 1. The van der Waals surface area contributed by atoms with E-state index in [1.165, 1.54) is 0 Å². The lowest BCUT2D eigenvalue weighted by molar-refractivity contribution is -0.132. The Morgan fingerprint density at radius 3 is 2.38 bits per heavy atom. The van der Waals surface area contributed by atoms with Crippen molar-refractivity contribution in [2.75, 3.05) is 10.6 Å². The van der Waals surface area contributed by atoms with Crippen molar-refractivity contribution in [3.63, 3.8) is 0 Å². The molecule has 0 aliphatic rings. The Hall–Kier alpha value is -3.21. The first-order valence-electron chi connectivity index (χ1n) is 7.58. The van der Waals surface area contributed by atoms with E-state index >= 15 is 0 Å². The Morgan fingerprint density at radius 1 is 0.875 bits per heavy atom. The summed E-state index contributed by atoms with van der Waals surface area (Å²) in [6.45, 7) is 3.80. The fraction of sp³-hybridized carbons (Fsp3) is 0.105. The first-order chi connectivity index (χ1) is 11.5. The molecule has 3 rings (SSSR count). The number of fused-ring (bicyclic) bond motifs is 1. The molecule has 1 aromatic heterocycles. The van der Waals surface area contributed by atoms with Gasteiger partial charge in [-0.1, -0.05) is 30.3 Å². The number of nitrogens with zero attached hydrogens (tertiary/aromatic N) is 1. The Morgan fingerprint density at radius 2 is 1.58 bits per heavy atom. The van der Waals surface area contributed by atoms with E-state index in [-0.39, 0.29) is 0 Å². The summed E-state index contributed by atoms with van der Waals surface area (Å²) in [7, 11) is 0. The minimum Gasteiger partial charge on any atom is -0.318 e. The molecule has 0 saturated carbocycles. The molecule has 0 bridgehead atoms. The van der Waals surface area contributed by atoms with Gasteiger partial charge in [-0.05, 0) is 43.2 Å². The van der Waals surface area contributed by atoms with Crippen LogP contribution in [0.1, 0.15) is 11.1 Å². The van der Waals surface area contributed by atoms with Crippen molar-refractivity contribution in [3.8, 4) is 0 Å². The lowest BCUT2D eigenvalue weighted by Gasteiger charge is -2.10. The highest BCUT2D eigenvalue weighted by Crippen LogP contribution is 2.21. The summed E-state index contributed by atoms with van der Waals surface area (Å²) >= 11 is 0. The number of nitrogens with one attached hydrogen (secondary N) is 2. The van der Waals surface area contributed by atoms with Gasteiger partial charge in [-0.25, -0.2) is 0 Å². The highest BCUT2D eigenvalue weighted by molar-refractivity contribution is 6.44. The number of hydrogen-bond donors (Lipinski definition) is 2. The number of aryl methyl sites for hydroxylation is 2. The monoisotopic (exact) mass is 319 g/mol. The topological polar surface area (TPSA) is 71.1 Å². The fourth-order valence-electron chi connectivity index (χ4n) is 2.43. The average Bonchev–Trinajstić information content (AvgIpc) is 2.58. The van der Waals surface area contributed by atoms with Gasteiger partial charge >= 0.3 is 11.8 Å². The fourth-order valence-corrected chi connectivity index (χ4v) is 2.43. The lowest BCUT2D eigenvalue weighted by atomic mass is 10.1. The quantitative estimate of drug-likeness (QED) is 0.711. The Bertz CT molecular complexity index is 930. The van der Waals surface area contributed by atoms with E-state index in [2.05, 4.69) is 15.6 Å². The predicted molar refractivity (Wildman–Crippen MR) is 94.9 cm³/mol. The van der Waals surface area contributed by atoms with Gasteiger partial charge in [0, 0.05) is 17.3 Å². The molecule has 0 fully saturated rings. The summed E-state index contributed by atoms with van der Waals surface area (Å²) in [6.07, 6.45) is 1.65. The standard InChI is InChI=1S/C19H17N3O2/c1-12-8-9-13(2)16(11-12)22-19(24)18(23)21-15-7-3-5-14-6-4-10-20-17(14)15/h3-11H,1-2H3,(H,21,23)(H,22,24). The SMILES string of the molecule is Cc1ccc(C)c(NC(=O)C(=O)Nc2cccc3cccnc23)c1. The summed E-state index contributed by atoms with van der Waals surface area (Å²) in [6, 6.07) is 14.8. The Kier molecular flexibility index (Phi) is 4.24. The molecular formula is C19H17N3O2. The first-order valence-corrected chi connectivity index (χ1v) is 7.58. The normalized spacial score (nSPS) is 10.4. The molecule has 2 aromatic carbocycles. The highest BCUT2D eigenvalue weighted by atomic mass is 16.2. The molecule has 0 aliphatic heterocycles. The molecule has 120 valence electrons. The van der Waals surface area contributed by atoms with Crippen LogP contribution in [-0.2, 0) is 9.59 Å². The summed E-state index contributed by atoms with van der Waals surface area (Å²) < 4.78 is 0. The number of pyridine rings is 1. The molecule has 5 nitrogen and oxygen atoms in total. The number of anilines is 2. The highest BCUT2D eigenvalue weighted by Gasteiger charge is 2.16. The Balaban J connectivity index is 1.79. The largest absolute Gasteiger partial charge is 0.318 e. The van der Waals surface area contributed by atoms with E-state index in [1.54, 1.807) is 12.3 Å². The third-order valence-corrected chi connectivity index (χ3v) is 3.73. The van der Waals surface area contributed by atoms with Gasteiger partial charge < -0.3 is 10.6 Å². The van der Waals surface area contributed by atoms with Crippen molar-refractivity contribution in [1.29, 1.82) is 0 Å². The van der Waals surface area contributed by atoms with Crippen LogP contribution in [0.5, 0.6) is 0 Å². The molecule has 0 saturated heterocycles. The van der Waals surface area contributed by atoms with Gasteiger partial charge in [0.15, 0.2) is 0 Å². The van der Waals surface area contributed by atoms with Gasteiger partial charge in [0.2, 0.25) is 0 Å². The zero-order valence-electron chi connectivity index (χ0n) is 13.5. The number of carbonyl (C=O) groups is 2. The predicted octanol–water partition coefficient (Wildman–Crippen LogP) is 3.43. The summed E-state index contributed by atoms with van der Waals surface area (Å²) in [5.41, 5.74) is 3.69. The number of aromatic nitrogens is 1. The van der Waals surface area contributed by atoms with Gasteiger partial charge in [0.05, 0.1) is 11.2 Å². The van der Waals surface area contributed by atoms with Crippen molar-refractivity contribution < 1.29 is 9.59 Å². The second-order valence-corrected chi connectivity index (χ2v) is 5.61. The van der Waals surface area contributed by atoms with Crippen molar-refractivity contribution in [3.05, 3.63) is 65.9 Å². The zero-order chi connectivity index (χ0) is 17.1. The molecule has 0 aliphatic carbocycles. The van der Waals surface area contributed by atoms with E-state index < -0.39 is 11.8 Å². The minimum atomic E-state index is -0.728. The number of amides is 2. The van der Waals surface area contributed by atoms with Crippen molar-refractivity contribution in [1.82, 2.24) is 4.98 Å². The van der Waals surface area contributed by atoms with E-state index in [9.17, 15) is 9.59 Å². The third kappa shape index (κ3) is 3.25. The second-order valence-electron chi connectivity index (χ2n) is 5.61. The summed E-state index contributed by atoms with van der Waals surface area (Å²) in [5, 5.41) is 6.17. The maximum atomic E-state index is 12.2. The maximum absolute atomic E-state index is 12.2. The smallest absolute Gasteiger partial charge is 0.314 e. The van der Waals surface area contributed by atoms with Gasteiger partial charge in [0.25, 0.3) is 0 Å². The zero-order valence-corrected chi connectivity index (χ0v) is 13.5. The molecule has 24 heavy (non-hydrogen) atoms. The van der Waals surface area contributed by atoms with Crippen LogP contribution in [0.4, 0.5) is 11.4 Å². The van der Waals surface area contributed by atoms with Crippen molar-refractivity contribution >= 4 is 34.1 Å². The Labute approximate surface area is 139 Å². The van der Waals surface area contributed by atoms with E-state index in [1.807, 2.05) is 56.3 Å². The summed E-state index contributed by atoms with van der Waals surface area (Å²) in [4.78, 5) is 28.6. The number of rotatable bonds is 2. The summed E-state index contributed by atoms with van der Waals surface area (Å²) in [5.74, 6) is -1.44. The van der Waals surface area contributed by atoms with Crippen LogP contribution in [0.3, 0.4) is 0 Å². The van der Waals surface area contributed by atoms with Crippen LogP contribution in [0, 0.1) is 13.8 Å². The minimum absolute atomic E-state index is 0.509. The van der Waals surface area contributed by atoms with E-state index in [4.69, 9.17) is 0 Å². The molecule has 3 aromatic rings. The van der Waals surface area contributed by atoms with E-state index in [0.29, 0.717) is 16.9 Å². The molecular weight excluding hydrogens is 302 g/mol. The molecule has 2 N–H and O–H groups in total. The molecule has 0 atom stereocenters. The molecule has 0 radical (unpaired) electrons. The van der Waals surface area contributed by atoms with Crippen molar-refractivity contribution in [2.45, 2.75) is 13.8 Å². The van der Waals surface area contributed by atoms with Gasteiger partial charge in [0.1, 0.15) is 0 Å². The maximum Gasteiger partial charge on any atom is 0.314 e. The molecule has 1 heterocycles. The number of benzene rings is 2. The van der Waals surface area contributed by atoms with Crippen LogP contribution in [0.25, 0.3) is 10.9 Å². The number of carbonyl (C=O) groups excluding carboxylic acids is 2. The van der Waals surface area contributed by atoms with Crippen LogP contribution in [0.2, 0.25) is 0 Å². The molecule has 2 amide bonds. The van der Waals surface area contributed by atoms with Crippen molar-refractivity contribution in [2.24, 2.45) is 0 Å². The molecule has 0 unspecified atom stereocenters. The van der Waals surface area contributed by atoms with Gasteiger partial charge in [-0.2, -0.15) is 0 Å². The molecule has 0 spiro atoms. The third-order valence-electron chi connectivity index (χ3n) is 3.73. The molecule has 5 heteroatoms. The second kappa shape index (κ2) is 6.50. The first kappa shape index (κ1) is 15.7. The van der Waals surface area contributed by atoms with Crippen LogP contribution in [0.15, 0.2) is 54.7 Å². The van der Waals surface area contributed by atoms with Gasteiger partial charge in [-0.3, -0.25) is 14.6 Å². The average molecular weight is 319 g/mol. The number of hydrogen-bond acceptors (Lipinski definition) is 3.